The molecule has 0 spiro atoms. The van der Waals surface area contributed by atoms with E-state index in [1.54, 1.807) is 18.0 Å². The summed E-state index contributed by atoms with van der Waals surface area (Å²) >= 11 is 0. The molecule has 0 bridgehead atoms. The zero-order valence-corrected chi connectivity index (χ0v) is 16.0. The Bertz CT molecular complexity index is 827. The van der Waals surface area contributed by atoms with Gasteiger partial charge in [-0.05, 0) is 31.0 Å². The minimum Gasteiger partial charge on any atom is -0.342 e. The van der Waals surface area contributed by atoms with E-state index in [9.17, 15) is 14.0 Å². The van der Waals surface area contributed by atoms with Crippen LogP contribution in [0, 0.1) is 11.7 Å². The first-order chi connectivity index (χ1) is 12.8. The van der Waals surface area contributed by atoms with E-state index in [1.165, 1.54) is 12.1 Å². The summed E-state index contributed by atoms with van der Waals surface area (Å²) < 4.78 is 13.3. The molecular weight excluding hydrogens is 349 g/mol. The molecule has 146 valence electrons. The van der Waals surface area contributed by atoms with Gasteiger partial charge in [-0.15, -0.1) is 0 Å². The van der Waals surface area contributed by atoms with Crippen molar-refractivity contribution in [2.24, 2.45) is 5.92 Å². The highest BCUT2D eigenvalue weighted by Crippen LogP contribution is 2.15. The molecule has 0 saturated carbocycles. The molecule has 1 aliphatic rings. The summed E-state index contributed by atoms with van der Waals surface area (Å²) in [5.41, 5.74) is 1.28. The normalized spacial score (nSPS) is 15.4. The van der Waals surface area contributed by atoms with E-state index < -0.39 is 0 Å². The lowest BCUT2D eigenvalue weighted by molar-refractivity contribution is -0.135. The number of aromatic amines is 1. The van der Waals surface area contributed by atoms with Crippen LogP contribution in [0.5, 0.6) is 0 Å². The number of benzene rings is 1. The Balaban J connectivity index is 1.51. The lowest BCUT2D eigenvalue weighted by atomic mass is 10.0. The summed E-state index contributed by atoms with van der Waals surface area (Å²) in [5.74, 6) is 0.439. The number of rotatable bonds is 4. The van der Waals surface area contributed by atoms with Crippen LogP contribution in [0.4, 0.5) is 9.18 Å². The van der Waals surface area contributed by atoms with Crippen LogP contribution in [0.15, 0.2) is 18.2 Å². The summed E-state index contributed by atoms with van der Waals surface area (Å²) in [6.07, 6.45) is 1.50. The largest absolute Gasteiger partial charge is 0.342 e. The zero-order valence-electron chi connectivity index (χ0n) is 16.0. The van der Waals surface area contributed by atoms with E-state index in [0.29, 0.717) is 36.5 Å². The van der Waals surface area contributed by atoms with Gasteiger partial charge in [0.1, 0.15) is 11.6 Å². The zero-order chi connectivity index (χ0) is 19.6. The van der Waals surface area contributed by atoms with Gasteiger partial charge in [0.2, 0.25) is 5.91 Å². The molecule has 1 fully saturated rings. The standard InChI is InChI=1S/C19H26FN5O2/c1-12(2)18(26)25-8-6-14(7-9-25)21-19(27)24(3)11-17-22-15-5-4-13(20)10-16(15)23-17/h4-5,10,12,14H,6-9,11H2,1-3H3,(H,21,27)(H,22,23). The van der Waals surface area contributed by atoms with E-state index in [4.69, 9.17) is 0 Å². The number of nitrogens with one attached hydrogen (secondary N) is 2. The van der Waals surface area contributed by atoms with Crippen molar-refractivity contribution >= 4 is 23.0 Å². The summed E-state index contributed by atoms with van der Waals surface area (Å²) in [5, 5.41) is 3.02. The second-order valence-corrected chi connectivity index (χ2v) is 7.40. The summed E-state index contributed by atoms with van der Waals surface area (Å²) in [4.78, 5) is 35.3. The van der Waals surface area contributed by atoms with E-state index in [0.717, 1.165) is 12.8 Å². The van der Waals surface area contributed by atoms with Gasteiger partial charge in [0.15, 0.2) is 0 Å². The third kappa shape index (κ3) is 4.56. The molecular formula is C19H26FN5O2. The van der Waals surface area contributed by atoms with Crippen molar-refractivity contribution in [1.82, 2.24) is 25.1 Å². The fraction of sp³-hybridized carbons (Fsp3) is 0.526. The average Bonchev–Trinajstić information content (AvgIpc) is 3.02. The van der Waals surface area contributed by atoms with Crippen LogP contribution in [0.25, 0.3) is 11.0 Å². The van der Waals surface area contributed by atoms with Gasteiger partial charge in [-0.2, -0.15) is 0 Å². The molecule has 7 nitrogen and oxygen atoms in total. The van der Waals surface area contributed by atoms with Gasteiger partial charge in [-0.1, -0.05) is 13.8 Å². The third-order valence-electron chi connectivity index (χ3n) is 4.85. The average molecular weight is 375 g/mol. The minimum atomic E-state index is -0.328. The Hall–Kier alpha value is -2.64. The Labute approximate surface area is 157 Å². The number of likely N-dealkylation sites (tertiary alicyclic amines) is 1. The number of amides is 3. The van der Waals surface area contributed by atoms with Gasteiger partial charge in [0.05, 0.1) is 17.6 Å². The first-order valence-electron chi connectivity index (χ1n) is 9.28. The third-order valence-corrected chi connectivity index (χ3v) is 4.85. The highest BCUT2D eigenvalue weighted by atomic mass is 19.1. The SMILES string of the molecule is CC(C)C(=O)N1CCC(NC(=O)N(C)Cc2nc3ccc(F)cc3[nH]2)CC1. The smallest absolute Gasteiger partial charge is 0.317 e. The molecule has 1 saturated heterocycles. The number of nitrogens with zero attached hydrogens (tertiary/aromatic N) is 3. The molecule has 3 rings (SSSR count). The highest BCUT2D eigenvalue weighted by Gasteiger charge is 2.26. The Kier molecular flexibility index (Phi) is 5.62. The van der Waals surface area contributed by atoms with Gasteiger partial charge in [0.25, 0.3) is 0 Å². The summed E-state index contributed by atoms with van der Waals surface area (Å²) in [6.45, 7) is 5.43. The van der Waals surface area contributed by atoms with E-state index in [1.807, 2.05) is 18.7 Å². The van der Waals surface area contributed by atoms with Crippen LogP contribution in [0.1, 0.15) is 32.5 Å². The summed E-state index contributed by atoms with van der Waals surface area (Å²) in [6, 6.07) is 4.23. The van der Waals surface area contributed by atoms with Crippen molar-refractivity contribution in [2.45, 2.75) is 39.3 Å². The molecule has 3 amide bonds. The maximum Gasteiger partial charge on any atom is 0.317 e. The second-order valence-electron chi connectivity index (χ2n) is 7.40. The number of H-pyrrole nitrogens is 1. The van der Waals surface area contributed by atoms with E-state index in [-0.39, 0.29) is 29.7 Å². The quantitative estimate of drug-likeness (QED) is 0.861. The molecule has 2 aromatic rings. The number of piperidine rings is 1. The molecule has 1 aliphatic heterocycles. The van der Waals surface area contributed by atoms with Gasteiger partial charge >= 0.3 is 6.03 Å². The molecule has 0 unspecified atom stereocenters. The molecule has 1 aromatic heterocycles. The molecule has 27 heavy (non-hydrogen) atoms. The van der Waals surface area contributed by atoms with Gasteiger partial charge in [-0.3, -0.25) is 4.79 Å². The van der Waals surface area contributed by atoms with Crippen LogP contribution in [0.3, 0.4) is 0 Å². The molecule has 0 aliphatic carbocycles. The van der Waals surface area contributed by atoms with Gasteiger partial charge in [-0.25, -0.2) is 14.2 Å². The predicted octanol–water partition coefficient (Wildman–Crippen LogP) is 2.49. The van der Waals surface area contributed by atoms with Crippen molar-refractivity contribution in [3.05, 3.63) is 29.8 Å². The topological polar surface area (TPSA) is 81.3 Å². The number of imidazole rings is 1. The number of carbonyl (C=O) groups excluding carboxylic acids is 2. The van der Waals surface area contributed by atoms with Crippen molar-refractivity contribution in [3.63, 3.8) is 0 Å². The van der Waals surface area contributed by atoms with Crippen LogP contribution in [-0.4, -0.2) is 57.9 Å². The van der Waals surface area contributed by atoms with Crippen LogP contribution in [0.2, 0.25) is 0 Å². The second kappa shape index (κ2) is 7.94. The lowest BCUT2D eigenvalue weighted by Crippen LogP contribution is -2.50. The summed E-state index contributed by atoms with van der Waals surface area (Å²) in [7, 11) is 1.69. The number of aromatic nitrogens is 2. The monoisotopic (exact) mass is 375 g/mol. The van der Waals surface area contributed by atoms with Crippen LogP contribution >= 0.6 is 0 Å². The first kappa shape index (κ1) is 19.1. The minimum absolute atomic E-state index is 0.000409. The fourth-order valence-corrected chi connectivity index (χ4v) is 3.30. The molecule has 1 aromatic carbocycles. The van der Waals surface area contributed by atoms with Gasteiger partial charge < -0.3 is 20.1 Å². The van der Waals surface area contributed by atoms with Crippen molar-refractivity contribution < 1.29 is 14.0 Å². The molecule has 0 radical (unpaired) electrons. The van der Waals surface area contributed by atoms with Crippen molar-refractivity contribution in [1.29, 1.82) is 0 Å². The van der Waals surface area contributed by atoms with Crippen LogP contribution < -0.4 is 5.32 Å². The maximum absolute atomic E-state index is 13.3. The number of carbonyl (C=O) groups is 2. The fourth-order valence-electron chi connectivity index (χ4n) is 3.30. The molecule has 2 N–H and O–H groups in total. The predicted molar refractivity (Wildman–Crippen MR) is 100 cm³/mol. The van der Waals surface area contributed by atoms with Crippen molar-refractivity contribution in [3.8, 4) is 0 Å². The van der Waals surface area contributed by atoms with Gasteiger partial charge in [0, 0.05) is 32.1 Å². The van der Waals surface area contributed by atoms with E-state index in [2.05, 4.69) is 15.3 Å². The lowest BCUT2D eigenvalue weighted by Gasteiger charge is -2.34. The number of halogens is 1. The number of hydrogen-bond donors (Lipinski definition) is 2. The molecule has 2 heterocycles. The number of urea groups is 1. The maximum atomic E-state index is 13.3. The first-order valence-corrected chi connectivity index (χ1v) is 9.28. The number of fused-ring (bicyclic) bond motifs is 1. The Morgan fingerprint density at radius 1 is 1.37 bits per heavy atom. The Morgan fingerprint density at radius 3 is 2.74 bits per heavy atom. The highest BCUT2D eigenvalue weighted by molar-refractivity contribution is 5.78. The number of hydrogen-bond acceptors (Lipinski definition) is 3. The van der Waals surface area contributed by atoms with E-state index >= 15 is 0 Å². The molecule has 0 atom stereocenters. The van der Waals surface area contributed by atoms with Crippen LogP contribution in [-0.2, 0) is 11.3 Å². The Morgan fingerprint density at radius 2 is 2.07 bits per heavy atom. The van der Waals surface area contributed by atoms with Crippen molar-refractivity contribution in [2.75, 3.05) is 20.1 Å². The molecule has 8 heteroatoms.